The molecule has 1 N–H and O–H groups in total. The molecule has 5 rings (SSSR count). The van der Waals surface area contributed by atoms with E-state index in [-0.39, 0.29) is 28.6 Å². The van der Waals surface area contributed by atoms with Gasteiger partial charge in [-0.25, -0.2) is 18.4 Å². The lowest BCUT2D eigenvalue weighted by Gasteiger charge is -2.31. The molecule has 32 heavy (non-hydrogen) atoms. The lowest BCUT2D eigenvalue weighted by Crippen LogP contribution is -2.33. The summed E-state index contributed by atoms with van der Waals surface area (Å²) in [6.07, 6.45) is 1.71. The molecule has 1 aliphatic heterocycles. The zero-order chi connectivity index (χ0) is 22.1. The van der Waals surface area contributed by atoms with E-state index in [1.54, 1.807) is 16.8 Å². The van der Waals surface area contributed by atoms with Crippen molar-refractivity contribution in [3.63, 3.8) is 0 Å². The van der Waals surface area contributed by atoms with Gasteiger partial charge < -0.3 is 4.98 Å². The molecule has 2 aromatic carbocycles. The number of aromatic amines is 1. The number of H-pyrrole nitrogens is 1. The van der Waals surface area contributed by atoms with Crippen LogP contribution in [0, 0.1) is 11.6 Å². The van der Waals surface area contributed by atoms with Crippen molar-refractivity contribution < 1.29 is 8.78 Å². The van der Waals surface area contributed by atoms with Crippen LogP contribution in [-0.4, -0.2) is 43.0 Å². The average Bonchev–Trinajstić information content (AvgIpc) is 3.21. The average molecular weight is 436 g/mol. The van der Waals surface area contributed by atoms with E-state index < -0.39 is 0 Å². The fourth-order valence-corrected chi connectivity index (χ4v) is 4.16. The fourth-order valence-electron chi connectivity index (χ4n) is 4.16. The second-order valence-electron chi connectivity index (χ2n) is 8.17. The Morgan fingerprint density at radius 3 is 2.12 bits per heavy atom. The number of nitrogens with zero attached hydrogens (tertiary/aromatic N) is 5. The van der Waals surface area contributed by atoms with Crippen molar-refractivity contribution >= 4 is 11.2 Å². The number of halogens is 2. The first-order valence-corrected chi connectivity index (χ1v) is 10.6. The van der Waals surface area contributed by atoms with Crippen molar-refractivity contribution in [3.8, 4) is 0 Å². The Kier molecular flexibility index (Phi) is 5.48. The molecular weight excluding hydrogens is 414 g/mol. The largest absolute Gasteiger partial charge is 0.308 e. The van der Waals surface area contributed by atoms with Crippen molar-refractivity contribution in [1.29, 1.82) is 0 Å². The van der Waals surface area contributed by atoms with Crippen LogP contribution in [0.3, 0.4) is 0 Å². The third kappa shape index (κ3) is 4.29. The minimum atomic E-state index is -0.306. The molecule has 0 amide bonds. The minimum absolute atomic E-state index is 0.130. The van der Waals surface area contributed by atoms with Gasteiger partial charge in [0.2, 0.25) is 0 Å². The van der Waals surface area contributed by atoms with Crippen LogP contribution in [0.4, 0.5) is 8.78 Å². The van der Waals surface area contributed by atoms with Crippen LogP contribution in [0.25, 0.3) is 11.2 Å². The monoisotopic (exact) mass is 436 g/mol. The summed E-state index contributed by atoms with van der Waals surface area (Å²) in [6.45, 7) is 2.83. The topological polar surface area (TPSA) is 79.7 Å². The number of hydrogen-bond acceptors (Lipinski definition) is 5. The lowest BCUT2D eigenvalue weighted by molar-refractivity contribution is 0.201. The smallest absolute Gasteiger partial charge is 0.281 e. The molecule has 3 heterocycles. The Hall–Kier alpha value is -3.46. The summed E-state index contributed by atoms with van der Waals surface area (Å²) in [5, 5.41) is 8.06. The number of piperidine rings is 1. The lowest BCUT2D eigenvalue weighted by atomic mass is 9.95. The molecule has 7 nitrogen and oxygen atoms in total. The van der Waals surface area contributed by atoms with Crippen LogP contribution >= 0.6 is 0 Å². The van der Waals surface area contributed by atoms with Gasteiger partial charge in [-0.3, -0.25) is 9.69 Å². The molecule has 9 heteroatoms. The highest BCUT2D eigenvalue weighted by Crippen LogP contribution is 2.26. The van der Waals surface area contributed by atoms with Gasteiger partial charge in [-0.05, 0) is 61.3 Å². The third-order valence-electron chi connectivity index (χ3n) is 5.93. The SMILES string of the molecule is O=c1[nH]c(C2CCN(Cc3ccc(F)cc3)CC2)nc2c1nnn2Cc1ccc(F)cc1. The van der Waals surface area contributed by atoms with Crippen LogP contribution < -0.4 is 5.56 Å². The summed E-state index contributed by atoms with van der Waals surface area (Å²) in [5.41, 5.74) is 2.25. The molecular formula is C23H22F2N6O. The van der Waals surface area contributed by atoms with Gasteiger partial charge in [0.1, 0.15) is 17.5 Å². The summed E-state index contributed by atoms with van der Waals surface area (Å²) in [5.74, 6) is 0.239. The Morgan fingerprint density at radius 1 is 0.906 bits per heavy atom. The Morgan fingerprint density at radius 2 is 1.50 bits per heavy atom. The Balaban J connectivity index is 1.31. The number of benzene rings is 2. The van der Waals surface area contributed by atoms with E-state index in [4.69, 9.17) is 4.98 Å². The highest BCUT2D eigenvalue weighted by Gasteiger charge is 2.24. The van der Waals surface area contributed by atoms with Gasteiger partial charge in [-0.15, -0.1) is 5.10 Å². The molecule has 1 aliphatic rings. The first-order valence-electron chi connectivity index (χ1n) is 10.6. The van der Waals surface area contributed by atoms with E-state index in [1.807, 2.05) is 12.1 Å². The van der Waals surface area contributed by atoms with E-state index in [0.29, 0.717) is 18.0 Å². The van der Waals surface area contributed by atoms with E-state index in [9.17, 15) is 13.6 Å². The molecule has 0 bridgehead atoms. The number of hydrogen-bond donors (Lipinski definition) is 1. The van der Waals surface area contributed by atoms with Crippen LogP contribution in [0.1, 0.15) is 35.7 Å². The van der Waals surface area contributed by atoms with Crippen molar-refractivity contribution in [2.24, 2.45) is 0 Å². The molecule has 164 valence electrons. The van der Waals surface area contributed by atoms with Gasteiger partial charge in [0, 0.05) is 12.5 Å². The predicted octanol–water partition coefficient (Wildman–Crippen LogP) is 3.22. The highest BCUT2D eigenvalue weighted by atomic mass is 19.1. The molecule has 0 unspecified atom stereocenters. The van der Waals surface area contributed by atoms with E-state index in [2.05, 4.69) is 20.2 Å². The molecule has 1 fully saturated rings. The molecule has 4 aromatic rings. The molecule has 2 aromatic heterocycles. The summed E-state index contributed by atoms with van der Waals surface area (Å²) < 4.78 is 27.9. The standard InChI is InChI=1S/C23H22F2N6O/c24-18-5-1-15(2-6-18)13-30-11-9-17(10-12-30)21-26-22-20(23(32)27-21)28-29-31(22)14-16-3-7-19(25)8-4-16/h1-8,17H,9-14H2,(H,26,27,32). The maximum atomic E-state index is 13.2. The molecule has 0 saturated carbocycles. The van der Waals surface area contributed by atoms with Gasteiger partial charge in [-0.1, -0.05) is 29.5 Å². The molecule has 0 spiro atoms. The van der Waals surface area contributed by atoms with Gasteiger partial charge >= 0.3 is 0 Å². The maximum Gasteiger partial charge on any atom is 0.281 e. The van der Waals surface area contributed by atoms with Crippen molar-refractivity contribution in [3.05, 3.63) is 87.5 Å². The van der Waals surface area contributed by atoms with Crippen LogP contribution in [0.2, 0.25) is 0 Å². The zero-order valence-corrected chi connectivity index (χ0v) is 17.3. The van der Waals surface area contributed by atoms with E-state index >= 15 is 0 Å². The third-order valence-corrected chi connectivity index (χ3v) is 5.93. The van der Waals surface area contributed by atoms with Crippen molar-refractivity contribution in [2.75, 3.05) is 13.1 Å². The van der Waals surface area contributed by atoms with Gasteiger partial charge in [-0.2, -0.15) is 0 Å². The summed E-state index contributed by atoms with van der Waals surface area (Å²) in [7, 11) is 0. The predicted molar refractivity (Wildman–Crippen MR) is 115 cm³/mol. The summed E-state index contributed by atoms with van der Waals surface area (Å²) in [4.78, 5) is 22.5. The highest BCUT2D eigenvalue weighted by molar-refractivity contribution is 5.68. The molecule has 0 aliphatic carbocycles. The van der Waals surface area contributed by atoms with Crippen LogP contribution in [-0.2, 0) is 13.1 Å². The Labute approximate surface area is 182 Å². The van der Waals surface area contributed by atoms with Crippen LogP contribution in [0.5, 0.6) is 0 Å². The first kappa shape index (κ1) is 20.4. The normalized spacial score (nSPS) is 15.4. The number of likely N-dealkylation sites (tertiary alicyclic amines) is 1. The zero-order valence-electron chi connectivity index (χ0n) is 17.3. The number of nitrogens with one attached hydrogen (secondary N) is 1. The summed E-state index contributed by atoms with van der Waals surface area (Å²) in [6, 6.07) is 12.7. The van der Waals surface area contributed by atoms with Gasteiger partial charge in [0.25, 0.3) is 5.56 Å². The Bertz CT molecular complexity index is 1270. The quantitative estimate of drug-likeness (QED) is 0.520. The van der Waals surface area contributed by atoms with E-state index in [0.717, 1.165) is 43.6 Å². The number of fused-ring (bicyclic) bond motifs is 1. The minimum Gasteiger partial charge on any atom is -0.308 e. The van der Waals surface area contributed by atoms with Gasteiger partial charge in [0.15, 0.2) is 11.2 Å². The fraction of sp³-hybridized carbons (Fsp3) is 0.304. The second-order valence-corrected chi connectivity index (χ2v) is 8.17. The number of rotatable bonds is 5. The second kappa shape index (κ2) is 8.58. The molecule has 0 radical (unpaired) electrons. The van der Waals surface area contributed by atoms with Crippen LogP contribution in [0.15, 0.2) is 53.3 Å². The van der Waals surface area contributed by atoms with Gasteiger partial charge in [0.05, 0.1) is 6.54 Å². The maximum absolute atomic E-state index is 13.2. The van der Waals surface area contributed by atoms with E-state index in [1.165, 1.54) is 24.3 Å². The molecule has 0 atom stereocenters. The van der Waals surface area contributed by atoms with Crippen molar-refractivity contribution in [2.45, 2.75) is 31.8 Å². The molecule has 1 saturated heterocycles. The van der Waals surface area contributed by atoms with Crippen molar-refractivity contribution in [1.82, 2.24) is 29.9 Å². The first-order chi connectivity index (χ1) is 15.5. The number of aromatic nitrogens is 5. The summed E-state index contributed by atoms with van der Waals surface area (Å²) >= 11 is 0.